The lowest BCUT2D eigenvalue weighted by atomic mass is 10.1. The number of nitrogens with zero attached hydrogens (tertiary/aromatic N) is 2. The second-order valence-electron chi connectivity index (χ2n) is 9.50. The molecule has 0 aliphatic rings. The van der Waals surface area contributed by atoms with E-state index in [2.05, 4.69) is 21.2 Å². The molecule has 0 spiro atoms. The Morgan fingerprint density at radius 3 is 2.24 bits per heavy atom. The molecule has 0 bridgehead atoms. The third kappa shape index (κ3) is 8.89. The molecule has 2 rings (SSSR count). The smallest absolute Gasteiger partial charge is 0.350 e. The van der Waals surface area contributed by atoms with E-state index >= 15 is 0 Å². The molecule has 2 amide bonds. The largest absolute Gasteiger partial charge is 0.416 e. The summed E-state index contributed by atoms with van der Waals surface area (Å²) in [5.74, 6) is -1.30. The van der Waals surface area contributed by atoms with Gasteiger partial charge in [0, 0.05) is 16.6 Å². The van der Waals surface area contributed by atoms with Crippen molar-refractivity contribution in [2.75, 3.05) is 17.1 Å². The molecule has 0 aliphatic heterocycles. The van der Waals surface area contributed by atoms with Crippen LogP contribution in [0, 0.1) is 0 Å². The second-order valence-corrected chi connectivity index (χ2v) is 12.7. The van der Waals surface area contributed by atoms with Gasteiger partial charge >= 0.3 is 6.18 Å². The van der Waals surface area contributed by atoms with Crippen LogP contribution in [0.4, 0.5) is 18.9 Å². The third-order valence-corrected chi connectivity index (χ3v) is 7.07. The Balaban J connectivity index is 2.52. The quantitative estimate of drug-likeness (QED) is 0.436. The molecule has 0 heterocycles. The van der Waals surface area contributed by atoms with Crippen LogP contribution in [0.25, 0.3) is 0 Å². The van der Waals surface area contributed by atoms with Crippen molar-refractivity contribution in [2.24, 2.45) is 0 Å². The van der Waals surface area contributed by atoms with Gasteiger partial charge in [-0.15, -0.1) is 0 Å². The van der Waals surface area contributed by atoms with Gasteiger partial charge in [-0.1, -0.05) is 39.7 Å². The number of anilines is 1. The third-order valence-electron chi connectivity index (χ3n) is 5.13. The number of benzene rings is 2. The molecule has 2 aromatic rings. The molecule has 0 aliphatic carbocycles. The number of nitrogens with one attached hydrogen (secondary N) is 1. The van der Waals surface area contributed by atoms with Crippen molar-refractivity contribution in [3.8, 4) is 0 Å². The van der Waals surface area contributed by atoms with E-state index in [-0.39, 0.29) is 11.6 Å². The molecule has 0 saturated heterocycles. The number of amides is 2. The van der Waals surface area contributed by atoms with Crippen molar-refractivity contribution in [3.63, 3.8) is 0 Å². The van der Waals surface area contributed by atoms with E-state index in [1.165, 1.54) is 11.8 Å². The Morgan fingerprint density at radius 2 is 1.73 bits per heavy atom. The van der Waals surface area contributed by atoms with Crippen LogP contribution in [0.15, 0.2) is 46.9 Å². The van der Waals surface area contributed by atoms with Crippen LogP contribution in [0.5, 0.6) is 0 Å². The average molecular weight is 627 g/mol. The Morgan fingerprint density at radius 1 is 1.11 bits per heavy atom. The SMILES string of the molecule is C[C@H](C(=O)NC(C)(C)C)N(Cc1cccc(Br)c1)C(=O)CN(c1cc(C(F)(F)F)ccc1Cl)S(C)(=O)=O. The molecule has 0 aromatic heterocycles. The summed E-state index contributed by atoms with van der Waals surface area (Å²) < 4.78 is 66.4. The average Bonchev–Trinajstić information content (AvgIpc) is 2.73. The summed E-state index contributed by atoms with van der Waals surface area (Å²) in [6.45, 7) is 5.84. The van der Waals surface area contributed by atoms with Crippen LogP contribution in [-0.2, 0) is 32.3 Å². The summed E-state index contributed by atoms with van der Waals surface area (Å²) in [4.78, 5) is 27.6. The molecular weight excluding hydrogens is 599 g/mol. The van der Waals surface area contributed by atoms with Crippen LogP contribution in [0.2, 0.25) is 5.02 Å². The van der Waals surface area contributed by atoms with Crippen LogP contribution >= 0.6 is 27.5 Å². The molecule has 7 nitrogen and oxygen atoms in total. The molecule has 1 atom stereocenters. The number of halogens is 5. The highest BCUT2D eigenvalue weighted by atomic mass is 79.9. The Labute approximate surface area is 228 Å². The first-order chi connectivity index (χ1) is 16.8. The fraction of sp³-hybridized carbons (Fsp3) is 0.417. The van der Waals surface area contributed by atoms with Crippen molar-refractivity contribution in [1.82, 2.24) is 10.2 Å². The van der Waals surface area contributed by atoms with Crippen molar-refractivity contribution >= 4 is 55.1 Å². The maximum atomic E-state index is 13.5. The number of hydrogen-bond acceptors (Lipinski definition) is 4. The maximum Gasteiger partial charge on any atom is 0.416 e. The van der Waals surface area contributed by atoms with E-state index in [1.807, 2.05) is 0 Å². The molecule has 1 N–H and O–H groups in total. The number of carbonyl (C=O) groups excluding carboxylic acids is 2. The van der Waals surface area contributed by atoms with E-state index < -0.39 is 57.4 Å². The summed E-state index contributed by atoms with van der Waals surface area (Å²) in [5.41, 5.74) is -1.60. The highest BCUT2D eigenvalue weighted by molar-refractivity contribution is 9.10. The number of alkyl halides is 3. The van der Waals surface area contributed by atoms with Gasteiger partial charge in [0.05, 0.1) is 22.5 Å². The van der Waals surface area contributed by atoms with E-state index in [0.29, 0.717) is 22.0 Å². The van der Waals surface area contributed by atoms with Gasteiger partial charge < -0.3 is 10.2 Å². The van der Waals surface area contributed by atoms with Gasteiger partial charge in [-0.2, -0.15) is 13.2 Å². The maximum absolute atomic E-state index is 13.5. The van der Waals surface area contributed by atoms with Crippen LogP contribution in [0.3, 0.4) is 0 Å². The number of rotatable bonds is 8. The van der Waals surface area contributed by atoms with Crippen molar-refractivity contribution in [2.45, 2.75) is 52.0 Å². The van der Waals surface area contributed by atoms with Gasteiger partial charge in [0.1, 0.15) is 12.6 Å². The van der Waals surface area contributed by atoms with Crippen LogP contribution in [0.1, 0.15) is 38.8 Å². The Hall–Kier alpha value is -2.31. The summed E-state index contributed by atoms with van der Waals surface area (Å²) >= 11 is 9.42. The summed E-state index contributed by atoms with van der Waals surface area (Å²) in [7, 11) is -4.26. The highest BCUT2D eigenvalue weighted by Gasteiger charge is 2.35. The first-order valence-corrected chi connectivity index (χ1v) is 14.0. The van der Waals surface area contributed by atoms with Gasteiger partial charge in [0.25, 0.3) is 0 Å². The van der Waals surface area contributed by atoms with E-state index in [0.717, 1.165) is 16.8 Å². The molecule has 0 radical (unpaired) electrons. The molecule has 37 heavy (non-hydrogen) atoms. The number of hydrogen-bond donors (Lipinski definition) is 1. The van der Waals surface area contributed by atoms with Crippen molar-refractivity contribution in [1.29, 1.82) is 0 Å². The zero-order valence-corrected chi connectivity index (χ0v) is 24.0. The first-order valence-electron chi connectivity index (χ1n) is 11.0. The molecule has 204 valence electrons. The Bertz CT molecular complexity index is 1270. The van der Waals surface area contributed by atoms with Gasteiger partial charge in [0.2, 0.25) is 21.8 Å². The fourth-order valence-corrected chi connectivity index (χ4v) is 4.93. The Kier molecular flexibility index (Phi) is 9.70. The minimum Gasteiger partial charge on any atom is -0.350 e. The van der Waals surface area contributed by atoms with Gasteiger partial charge in [-0.05, 0) is 63.6 Å². The van der Waals surface area contributed by atoms with E-state index in [9.17, 15) is 31.2 Å². The minimum absolute atomic E-state index is 0.0646. The standard InChI is InChI=1S/C24H28BrClF3N3O4S/c1-15(22(34)30-23(2,3)4)31(13-16-7-6-8-18(25)11-16)21(33)14-32(37(5,35)36)20-12-17(24(27,28)29)9-10-19(20)26/h6-12,15H,13-14H2,1-5H3,(H,30,34)/t15-/m1/s1. The lowest BCUT2D eigenvalue weighted by molar-refractivity contribution is -0.140. The predicted octanol–water partition coefficient (Wildman–Crippen LogP) is 5.22. The van der Waals surface area contributed by atoms with Crippen LogP contribution in [-0.4, -0.2) is 49.5 Å². The first kappa shape index (κ1) is 30.9. The zero-order chi connectivity index (χ0) is 28.3. The summed E-state index contributed by atoms with van der Waals surface area (Å²) in [6, 6.07) is 8.12. The molecular formula is C24H28BrClF3N3O4S. The van der Waals surface area contributed by atoms with Gasteiger partial charge in [-0.3, -0.25) is 13.9 Å². The summed E-state index contributed by atoms with van der Waals surface area (Å²) in [6.07, 6.45) is -4.01. The lowest BCUT2D eigenvalue weighted by Gasteiger charge is -2.33. The highest BCUT2D eigenvalue weighted by Crippen LogP contribution is 2.36. The van der Waals surface area contributed by atoms with Gasteiger partial charge in [-0.25, -0.2) is 8.42 Å². The molecule has 13 heteroatoms. The molecule has 0 fully saturated rings. The lowest BCUT2D eigenvalue weighted by Crippen LogP contribution is -2.54. The topological polar surface area (TPSA) is 86.8 Å². The van der Waals surface area contributed by atoms with E-state index in [4.69, 9.17) is 11.6 Å². The monoisotopic (exact) mass is 625 g/mol. The normalized spacial score (nSPS) is 13.1. The van der Waals surface area contributed by atoms with Crippen LogP contribution < -0.4 is 9.62 Å². The molecule has 0 saturated carbocycles. The molecule has 2 aromatic carbocycles. The predicted molar refractivity (Wildman–Crippen MR) is 141 cm³/mol. The van der Waals surface area contributed by atoms with Crippen molar-refractivity contribution in [3.05, 3.63) is 63.1 Å². The minimum atomic E-state index is -4.77. The van der Waals surface area contributed by atoms with E-state index in [1.54, 1.807) is 45.0 Å². The fourth-order valence-electron chi connectivity index (χ4n) is 3.36. The van der Waals surface area contributed by atoms with Crippen molar-refractivity contribution < 1.29 is 31.2 Å². The zero-order valence-electron chi connectivity index (χ0n) is 20.9. The number of carbonyl (C=O) groups is 2. The summed E-state index contributed by atoms with van der Waals surface area (Å²) in [5, 5.41) is 2.49. The van der Waals surface area contributed by atoms with Gasteiger partial charge in [0.15, 0.2) is 0 Å². The number of sulfonamides is 1. The molecule has 0 unspecified atom stereocenters. The second kappa shape index (κ2) is 11.6.